The Labute approximate surface area is 182 Å². The lowest BCUT2D eigenvalue weighted by Crippen LogP contribution is -2.65. The van der Waals surface area contributed by atoms with Crippen molar-refractivity contribution >= 4 is 5.97 Å². The second kappa shape index (κ2) is 11.2. The predicted molar refractivity (Wildman–Crippen MR) is 115 cm³/mol. The molecule has 1 aromatic rings. The monoisotopic (exact) mass is 432 g/mol. The van der Waals surface area contributed by atoms with Crippen LogP contribution in [-0.2, 0) is 9.53 Å². The molecule has 0 radical (unpaired) electrons. The van der Waals surface area contributed by atoms with Gasteiger partial charge in [-0.25, -0.2) is 4.79 Å². The quantitative estimate of drug-likeness (QED) is 0.181. The first-order valence-electron chi connectivity index (χ1n) is 10.7. The summed E-state index contributed by atoms with van der Waals surface area (Å²) in [6.07, 6.45) is 10.6. The van der Waals surface area contributed by atoms with Crippen LogP contribution in [0.2, 0.25) is 0 Å². The van der Waals surface area contributed by atoms with Gasteiger partial charge in [0.15, 0.2) is 0 Å². The molecule has 31 heavy (non-hydrogen) atoms. The van der Waals surface area contributed by atoms with Crippen LogP contribution in [0.1, 0.15) is 46.0 Å². The first kappa shape index (κ1) is 24.7. The average Bonchev–Trinajstić information content (AvgIpc) is 3.19. The molecule has 1 saturated carbocycles. The first-order valence-corrected chi connectivity index (χ1v) is 10.7. The van der Waals surface area contributed by atoms with Gasteiger partial charge >= 0.3 is 17.5 Å². The average molecular weight is 433 g/mol. The van der Waals surface area contributed by atoms with E-state index in [1.54, 1.807) is 18.2 Å². The fourth-order valence-corrected chi connectivity index (χ4v) is 3.80. The van der Waals surface area contributed by atoms with E-state index in [9.17, 15) is 25.2 Å². The molecular formula is C24H32O7. The fourth-order valence-electron chi connectivity index (χ4n) is 3.80. The van der Waals surface area contributed by atoms with Crippen LogP contribution in [0, 0.1) is 11.8 Å². The minimum Gasteiger partial charge on any atom is -0.500 e. The Bertz CT molecular complexity index is 808. The van der Waals surface area contributed by atoms with Crippen molar-refractivity contribution in [2.24, 2.45) is 11.8 Å². The van der Waals surface area contributed by atoms with E-state index in [1.165, 1.54) is 25.1 Å². The normalized spacial score (nSPS) is 20.8. The zero-order valence-corrected chi connectivity index (χ0v) is 18.0. The van der Waals surface area contributed by atoms with Crippen LogP contribution in [0.3, 0.4) is 0 Å². The van der Waals surface area contributed by atoms with Crippen molar-refractivity contribution in [3.05, 3.63) is 60.1 Å². The van der Waals surface area contributed by atoms with Crippen LogP contribution >= 0.6 is 0 Å². The van der Waals surface area contributed by atoms with Gasteiger partial charge in [0.2, 0.25) is 5.76 Å². The number of para-hydroxylation sites is 1. The van der Waals surface area contributed by atoms with Crippen molar-refractivity contribution in [1.29, 1.82) is 0 Å². The van der Waals surface area contributed by atoms with E-state index < -0.39 is 23.3 Å². The zero-order chi connectivity index (χ0) is 22.9. The van der Waals surface area contributed by atoms with Gasteiger partial charge in [-0.2, -0.15) is 0 Å². The van der Waals surface area contributed by atoms with Crippen molar-refractivity contribution in [2.45, 2.75) is 57.5 Å². The number of carboxylic acid groups (broad SMARTS) is 1. The van der Waals surface area contributed by atoms with Crippen LogP contribution in [0.5, 0.6) is 5.75 Å². The smallest absolute Gasteiger partial charge is 0.384 e. The van der Waals surface area contributed by atoms with Crippen LogP contribution in [0.4, 0.5) is 0 Å². The summed E-state index contributed by atoms with van der Waals surface area (Å²) in [7, 11) is 0. The molecule has 4 N–H and O–H groups in total. The van der Waals surface area contributed by atoms with E-state index in [1.807, 2.05) is 0 Å². The third-order valence-corrected chi connectivity index (χ3v) is 5.42. The summed E-state index contributed by atoms with van der Waals surface area (Å²) < 4.78 is 10.5. The van der Waals surface area contributed by atoms with Crippen LogP contribution < -0.4 is 4.74 Å². The number of aliphatic hydroxyl groups excluding tert-OH is 1. The molecule has 0 aliphatic heterocycles. The van der Waals surface area contributed by atoms with Crippen LogP contribution in [0.15, 0.2) is 60.1 Å². The summed E-state index contributed by atoms with van der Waals surface area (Å²) in [6.45, 7) is 3.34. The fraction of sp³-hybridized carbons (Fsp3) is 0.500. The lowest BCUT2D eigenvalue weighted by Gasteiger charge is -2.37. The highest BCUT2D eigenvalue weighted by Gasteiger charge is 2.64. The molecule has 7 nitrogen and oxygen atoms in total. The molecule has 170 valence electrons. The molecule has 2 rings (SSSR count). The number of aliphatic carboxylic acids is 1. The first-order chi connectivity index (χ1) is 14.8. The third-order valence-electron chi connectivity index (χ3n) is 5.42. The number of rotatable bonds is 11. The Morgan fingerprint density at radius 1 is 1.19 bits per heavy atom. The highest BCUT2D eigenvalue weighted by Crippen LogP contribution is 2.36. The number of hydrogen-bond donors (Lipinski definition) is 4. The van der Waals surface area contributed by atoms with Gasteiger partial charge in [0.05, 0.1) is 0 Å². The van der Waals surface area contributed by atoms with Crippen molar-refractivity contribution < 1.29 is 34.7 Å². The SMILES string of the molecule is CC/C=C/[C@H]1CCC[C@@H]1CC=C=C([16OH])C([16OH])([16OH])C(OCC)(Oc1ccccc1)C(=O)O. The van der Waals surface area contributed by atoms with Gasteiger partial charge < -0.3 is 29.9 Å². The van der Waals surface area contributed by atoms with Crippen molar-refractivity contribution in [3.8, 4) is 5.75 Å². The van der Waals surface area contributed by atoms with E-state index in [0.717, 1.165) is 25.7 Å². The second-order valence-electron chi connectivity index (χ2n) is 7.57. The van der Waals surface area contributed by atoms with E-state index in [2.05, 4.69) is 24.8 Å². The summed E-state index contributed by atoms with van der Waals surface area (Å²) in [4.78, 5) is 12.1. The maximum absolute atomic E-state index is 12.1. The predicted octanol–water partition coefficient (Wildman–Crippen LogP) is 3.93. The second-order valence-corrected chi connectivity index (χ2v) is 7.57. The Hall–Kier alpha value is -2.57. The Morgan fingerprint density at radius 2 is 1.90 bits per heavy atom. The molecule has 7 heteroatoms. The lowest BCUT2D eigenvalue weighted by atomic mass is 9.92. The molecule has 0 bridgehead atoms. The van der Waals surface area contributed by atoms with E-state index in [0.29, 0.717) is 18.3 Å². The summed E-state index contributed by atoms with van der Waals surface area (Å²) in [5, 5.41) is 41.5. The van der Waals surface area contributed by atoms with Crippen LogP contribution in [0.25, 0.3) is 0 Å². The van der Waals surface area contributed by atoms with Crippen molar-refractivity contribution in [1.82, 2.24) is 0 Å². The molecule has 3 atom stereocenters. The summed E-state index contributed by atoms with van der Waals surface area (Å²) >= 11 is 0. The van der Waals surface area contributed by atoms with Crippen molar-refractivity contribution in [3.63, 3.8) is 0 Å². The Kier molecular flexibility index (Phi) is 8.89. The minimum atomic E-state index is -3.39. The lowest BCUT2D eigenvalue weighted by molar-refractivity contribution is -0.338. The summed E-state index contributed by atoms with van der Waals surface area (Å²) in [5.74, 6) is -8.48. The molecule has 1 fully saturated rings. The van der Waals surface area contributed by atoms with E-state index >= 15 is 0 Å². The Balaban J connectivity index is 2.30. The molecule has 0 aromatic heterocycles. The highest BCUT2D eigenvalue weighted by atomic mass is 16.8. The molecule has 1 aliphatic carbocycles. The molecule has 0 spiro atoms. The van der Waals surface area contributed by atoms with Crippen LogP contribution in [-0.4, -0.2) is 44.6 Å². The van der Waals surface area contributed by atoms with E-state index in [4.69, 9.17) is 9.47 Å². The summed E-state index contributed by atoms with van der Waals surface area (Å²) in [5.41, 5.74) is 2.43. The van der Waals surface area contributed by atoms with Gasteiger partial charge in [0.1, 0.15) is 5.75 Å². The van der Waals surface area contributed by atoms with Gasteiger partial charge in [-0.1, -0.05) is 49.4 Å². The standard InChI is InChI=1S/C24H32O7/c1-3-5-11-18-12-9-13-19(18)14-10-17-21(25)23(28,29)24(22(26)27,30-4-2)31-20-15-7-6-8-16-20/h5-8,10-11,15-16,18-19,25,28-29H,3-4,9,12-14H2,1-2H3,(H,26,27)/b11-5+/t17?,18-,19+,24?/m0/s1/i25+0,28+0,29+0. The maximum atomic E-state index is 12.1. The van der Waals surface area contributed by atoms with Gasteiger partial charge in [-0.3, -0.25) is 0 Å². The number of benzene rings is 1. The maximum Gasteiger partial charge on any atom is 0.384 e. The minimum absolute atomic E-state index is 0.0270. The Morgan fingerprint density at radius 3 is 2.52 bits per heavy atom. The van der Waals surface area contributed by atoms with Gasteiger partial charge in [-0.05, 0) is 62.7 Å². The number of allylic oxidation sites excluding steroid dienone is 2. The van der Waals surface area contributed by atoms with E-state index in [-0.39, 0.29) is 12.4 Å². The van der Waals surface area contributed by atoms with Gasteiger partial charge in [0, 0.05) is 6.61 Å². The molecule has 1 aromatic carbocycles. The van der Waals surface area contributed by atoms with Gasteiger partial charge in [-0.15, -0.1) is 0 Å². The molecular weight excluding hydrogens is 400 g/mol. The zero-order valence-electron chi connectivity index (χ0n) is 18.0. The number of aliphatic hydroxyl groups is 3. The van der Waals surface area contributed by atoms with Crippen molar-refractivity contribution in [2.75, 3.05) is 6.61 Å². The highest BCUT2D eigenvalue weighted by molar-refractivity contribution is 5.78. The number of hydrogen-bond acceptors (Lipinski definition) is 6. The summed E-state index contributed by atoms with van der Waals surface area (Å²) in [6, 6.07) is 7.74. The number of carboxylic acids is 1. The number of carbonyl (C=O) groups is 1. The van der Waals surface area contributed by atoms with Gasteiger partial charge in [0.25, 0.3) is 0 Å². The number of ether oxygens (including phenoxy) is 2. The molecule has 0 amide bonds. The third kappa shape index (κ3) is 5.77. The largest absolute Gasteiger partial charge is 0.500 e. The molecule has 0 saturated heterocycles. The molecule has 0 heterocycles. The topological polar surface area (TPSA) is 116 Å². The molecule has 1 aliphatic rings. The molecule has 1 unspecified atom stereocenters.